The first kappa shape index (κ1) is 20.4. The van der Waals surface area contributed by atoms with E-state index in [0.717, 1.165) is 11.4 Å². The van der Waals surface area contributed by atoms with Crippen LogP contribution in [0.25, 0.3) is 0 Å². The number of nitrogens with zero attached hydrogens (tertiary/aromatic N) is 4. The number of piperazine rings is 1. The van der Waals surface area contributed by atoms with Gasteiger partial charge in [-0.2, -0.15) is 0 Å². The van der Waals surface area contributed by atoms with E-state index in [4.69, 9.17) is 4.52 Å². The molecule has 0 unspecified atom stereocenters. The maximum Gasteiger partial charge on any atom is 0.322 e. The normalized spacial score (nSPS) is 13.7. The molecule has 0 bridgehead atoms. The number of hydrogen-bond acceptors (Lipinski definition) is 6. The van der Waals surface area contributed by atoms with Crippen LogP contribution in [0, 0.1) is 13.8 Å². The van der Waals surface area contributed by atoms with Crippen molar-refractivity contribution < 1.29 is 14.1 Å². The average molecular weight is 420 g/mol. The number of aromatic nitrogens is 2. The molecule has 0 saturated carbocycles. The lowest BCUT2D eigenvalue weighted by Gasteiger charge is -2.34. The van der Waals surface area contributed by atoms with Crippen LogP contribution in [0.3, 0.4) is 0 Å². The fraction of sp³-hybridized carbons (Fsp3) is 0.273. The summed E-state index contributed by atoms with van der Waals surface area (Å²) in [5.41, 5.74) is 3.68. The van der Waals surface area contributed by atoms with E-state index in [-0.39, 0.29) is 11.9 Å². The molecular formula is C22H24N6O3. The van der Waals surface area contributed by atoms with Crippen LogP contribution in [-0.2, 0) is 0 Å². The fourth-order valence-corrected chi connectivity index (χ4v) is 3.44. The molecule has 0 spiro atoms. The summed E-state index contributed by atoms with van der Waals surface area (Å²) in [6.07, 6.45) is 3.43. The second-order valence-electron chi connectivity index (χ2n) is 7.35. The second kappa shape index (κ2) is 8.86. The van der Waals surface area contributed by atoms with E-state index in [2.05, 4.69) is 20.8 Å². The van der Waals surface area contributed by atoms with Gasteiger partial charge in [0.15, 0.2) is 5.76 Å². The maximum atomic E-state index is 12.8. The quantitative estimate of drug-likeness (QED) is 0.670. The van der Waals surface area contributed by atoms with Gasteiger partial charge in [-0.15, -0.1) is 0 Å². The molecule has 1 aromatic carbocycles. The summed E-state index contributed by atoms with van der Waals surface area (Å²) in [5, 5.41) is 9.96. The van der Waals surface area contributed by atoms with Gasteiger partial charge in [-0.05, 0) is 50.2 Å². The molecule has 0 radical (unpaired) electrons. The van der Waals surface area contributed by atoms with Crippen LogP contribution < -0.4 is 10.6 Å². The molecule has 1 aliphatic heterocycles. The Balaban J connectivity index is 1.31. The van der Waals surface area contributed by atoms with Gasteiger partial charge >= 0.3 is 6.03 Å². The van der Waals surface area contributed by atoms with Gasteiger partial charge in [0.1, 0.15) is 11.4 Å². The summed E-state index contributed by atoms with van der Waals surface area (Å²) in [7, 11) is 0. The van der Waals surface area contributed by atoms with Gasteiger partial charge in [0.25, 0.3) is 5.91 Å². The summed E-state index contributed by atoms with van der Waals surface area (Å²) in [4.78, 5) is 32.8. The Hall–Kier alpha value is -3.88. The lowest BCUT2D eigenvalue weighted by molar-refractivity contribution is 0.0671. The van der Waals surface area contributed by atoms with Gasteiger partial charge in [-0.3, -0.25) is 9.78 Å². The van der Waals surface area contributed by atoms with E-state index in [1.54, 1.807) is 36.0 Å². The van der Waals surface area contributed by atoms with Crippen molar-refractivity contribution in [3.8, 4) is 0 Å². The van der Waals surface area contributed by atoms with E-state index in [0.29, 0.717) is 48.9 Å². The Kier molecular flexibility index (Phi) is 5.83. The minimum absolute atomic E-state index is 0.0405. The van der Waals surface area contributed by atoms with E-state index < -0.39 is 0 Å². The second-order valence-corrected chi connectivity index (χ2v) is 7.35. The molecule has 2 aromatic heterocycles. The molecule has 4 rings (SSSR count). The molecule has 0 aliphatic carbocycles. The number of amides is 3. The summed E-state index contributed by atoms with van der Waals surface area (Å²) < 4.78 is 5.08. The number of benzene rings is 1. The zero-order valence-corrected chi connectivity index (χ0v) is 17.5. The van der Waals surface area contributed by atoms with Gasteiger partial charge in [-0.1, -0.05) is 5.16 Å². The summed E-state index contributed by atoms with van der Waals surface area (Å²) in [6, 6.07) is 10.9. The molecule has 0 atom stereocenters. The molecule has 3 amide bonds. The van der Waals surface area contributed by atoms with Gasteiger partial charge < -0.3 is 25.0 Å². The lowest BCUT2D eigenvalue weighted by atomic mass is 10.1. The number of carbonyl (C=O) groups excluding carboxylic acids is 2. The van der Waals surface area contributed by atoms with Crippen LogP contribution >= 0.6 is 0 Å². The summed E-state index contributed by atoms with van der Waals surface area (Å²) >= 11 is 0. The Morgan fingerprint density at radius 1 is 0.903 bits per heavy atom. The van der Waals surface area contributed by atoms with Crippen LogP contribution in [0.4, 0.5) is 21.9 Å². The molecule has 1 fully saturated rings. The molecule has 3 heterocycles. The third-order valence-electron chi connectivity index (χ3n) is 5.22. The summed E-state index contributed by atoms with van der Waals surface area (Å²) in [6.45, 7) is 5.41. The minimum Gasteiger partial charge on any atom is -0.359 e. The number of pyridine rings is 1. The standard InChI is InChI=1S/C22H24N6O3/c1-15-20(16(2)31-26-15)25-22(30)28-13-11-27(12-14-28)21(29)17-3-5-18(6-4-17)24-19-7-9-23-10-8-19/h3-10H,11-14H2,1-2H3,(H,23,24)(H,25,30). The van der Waals surface area contributed by atoms with Crippen molar-refractivity contribution in [2.24, 2.45) is 0 Å². The Labute approximate surface area is 180 Å². The molecule has 1 aliphatic rings. The van der Waals surface area contributed by atoms with E-state index >= 15 is 0 Å². The predicted octanol–water partition coefficient (Wildman–Crippen LogP) is 3.42. The third-order valence-corrected chi connectivity index (χ3v) is 5.22. The number of aryl methyl sites for hydroxylation is 2. The fourth-order valence-electron chi connectivity index (χ4n) is 3.44. The molecule has 3 aromatic rings. The van der Waals surface area contributed by atoms with E-state index in [1.165, 1.54) is 0 Å². The molecular weight excluding hydrogens is 396 g/mol. The van der Waals surface area contributed by atoms with Gasteiger partial charge in [0, 0.05) is 55.5 Å². The largest absolute Gasteiger partial charge is 0.359 e. The number of urea groups is 1. The minimum atomic E-state index is -0.215. The van der Waals surface area contributed by atoms with Crippen molar-refractivity contribution >= 4 is 29.0 Å². The van der Waals surface area contributed by atoms with Crippen molar-refractivity contribution in [2.45, 2.75) is 13.8 Å². The number of rotatable bonds is 4. The zero-order valence-electron chi connectivity index (χ0n) is 17.5. The molecule has 9 heteroatoms. The van der Waals surface area contributed by atoms with Crippen LogP contribution in [-0.4, -0.2) is 58.1 Å². The van der Waals surface area contributed by atoms with Crippen molar-refractivity contribution in [1.29, 1.82) is 0 Å². The van der Waals surface area contributed by atoms with Crippen LogP contribution in [0.15, 0.2) is 53.3 Å². The lowest BCUT2D eigenvalue weighted by Crippen LogP contribution is -2.51. The van der Waals surface area contributed by atoms with Crippen LogP contribution in [0.5, 0.6) is 0 Å². The van der Waals surface area contributed by atoms with Crippen LogP contribution in [0.1, 0.15) is 21.8 Å². The Bertz CT molecular complexity index is 1040. The van der Waals surface area contributed by atoms with Crippen LogP contribution in [0.2, 0.25) is 0 Å². The van der Waals surface area contributed by atoms with Crippen molar-refractivity contribution in [3.05, 3.63) is 65.8 Å². The number of anilines is 3. The average Bonchev–Trinajstić information content (AvgIpc) is 3.12. The first-order chi connectivity index (χ1) is 15.0. The molecule has 160 valence electrons. The van der Waals surface area contributed by atoms with Crippen molar-refractivity contribution in [1.82, 2.24) is 19.9 Å². The SMILES string of the molecule is Cc1noc(C)c1NC(=O)N1CCN(C(=O)c2ccc(Nc3ccncc3)cc2)CC1. The highest BCUT2D eigenvalue weighted by Gasteiger charge is 2.26. The molecule has 9 nitrogen and oxygen atoms in total. The van der Waals surface area contributed by atoms with Gasteiger partial charge in [0.05, 0.1) is 0 Å². The number of nitrogens with one attached hydrogen (secondary N) is 2. The number of carbonyl (C=O) groups is 2. The predicted molar refractivity (Wildman–Crippen MR) is 116 cm³/mol. The highest BCUT2D eigenvalue weighted by atomic mass is 16.5. The zero-order chi connectivity index (χ0) is 21.8. The topological polar surface area (TPSA) is 104 Å². The van der Waals surface area contributed by atoms with E-state index in [9.17, 15) is 9.59 Å². The van der Waals surface area contributed by atoms with E-state index in [1.807, 2.05) is 36.4 Å². The third kappa shape index (κ3) is 4.66. The number of hydrogen-bond donors (Lipinski definition) is 2. The first-order valence-electron chi connectivity index (χ1n) is 10.1. The Morgan fingerprint density at radius 3 is 2.13 bits per heavy atom. The smallest absolute Gasteiger partial charge is 0.322 e. The van der Waals surface area contributed by atoms with Gasteiger partial charge in [0.2, 0.25) is 0 Å². The molecule has 31 heavy (non-hydrogen) atoms. The highest BCUT2D eigenvalue weighted by molar-refractivity contribution is 5.95. The highest BCUT2D eigenvalue weighted by Crippen LogP contribution is 2.20. The first-order valence-corrected chi connectivity index (χ1v) is 10.1. The Morgan fingerprint density at radius 2 is 1.52 bits per heavy atom. The van der Waals surface area contributed by atoms with Crippen molar-refractivity contribution in [2.75, 3.05) is 36.8 Å². The maximum absolute atomic E-state index is 12.8. The molecule has 2 N–H and O–H groups in total. The van der Waals surface area contributed by atoms with Crippen molar-refractivity contribution in [3.63, 3.8) is 0 Å². The van der Waals surface area contributed by atoms with Gasteiger partial charge in [-0.25, -0.2) is 4.79 Å². The summed E-state index contributed by atoms with van der Waals surface area (Å²) in [5.74, 6) is 0.530. The monoisotopic (exact) mass is 420 g/mol. The molecule has 1 saturated heterocycles.